The Hall–Kier alpha value is -4.93. The highest BCUT2D eigenvalue weighted by atomic mass is 32.1. The van der Waals surface area contributed by atoms with E-state index in [0.29, 0.717) is 18.0 Å². The number of halogens is 1. The molecule has 0 aliphatic carbocycles. The van der Waals surface area contributed by atoms with Gasteiger partial charge in [-0.2, -0.15) is 5.10 Å². The molecule has 7 nitrogen and oxygen atoms in total. The summed E-state index contributed by atoms with van der Waals surface area (Å²) in [6.07, 6.45) is 5.53. The number of ether oxygens (including phenoxy) is 1. The van der Waals surface area contributed by atoms with E-state index >= 15 is 4.39 Å². The molecule has 0 aliphatic rings. The Morgan fingerprint density at radius 2 is 1.76 bits per heavy atom. The van der Waals surface area contributed by atoms with Crippen molar-refractivity contribution in [2.45, 2.75) is 13.0 Å². The quantitative estimate of drug-likeness (QED) is 0.182. The van der Waals surface area contributed by atoms with Gasteiger partial charge in [0.15, 0.2) is 16.7 Å². The Labute approximate surface area is 250 Å². The lowest BCUT2D eigenvalue weighted by atomic mass is 10.1. The Bertz CT molecular complexity index is 1860. The molecule has 1 amide bonds. The molecule has 0 atom stereocenters. The van der Waals surface area contributed by atoms with Crippen molar-refractivity contribution in [2.24, 2.45) is 0 Å². The van der Waals surface area contributed by atoms with Crippen LogP contribution in [0.1, 0.15) is 11.1 Å². The van der Waals surface area contributed by atoms with Gasteiger partial charge in [-0.05, 0) is 53.2 Å². The molecule has 0 unspecified atom stereocenters. The number of thiocarbonyl (C=S) groups is 1. The minimum Gasteiger partial charge on any atom is -0.453 e. The SMILES string of the molecule is O=C(Cc1ccccc1)NC(=S)Nc1ccc(Oc2ccnc3cc(-c4ccc(Cn5cccn5)cc4)sc23)c(F)c1. The second kappa shape index (κ2) is 12.3. The van der Waals surface area contributed by atoms with E-state index in [4.69, 9.17) is 17.0 Å². The molecule has 0 fully saturated rings. The standard InChI is InChI=1S/C32H24FN5O2S2/c33-25-18-24(36-32(41)37-30(39)17-21-5-2-1-3-6-21)11-12-27(25)40-28-13-15-34-26-19-29(42-31(26)28)23-9-7-22(8-10-23)20-38-16-4-14-35-38/h1-16,18-19H,17,20H2,(H2,36,37,39,41). The molecule has 2 N–H and O–H groups in total. The summed E-state index contributed by atoms with van der Waals surface area (Å²) in [7, 11) is 0. The van der Waals surface area contributed by atoms with E-state index in [-0.39, 0.29) is 23.2 Å². The maximum atomic E-state index is 15.1. The van der Waals surface area contributed by atoms with Crippen molar-refractivity contribution in [3.05, 3.63) is 127 Å². The number of anilines is 1. The normalized spacial score (nSPS) is 10.9. The third-order valence-electron chi connectivity index (χ3n) is 6.39. The molecule has 0 spiro atoms. The maximum absolute atomic E-state index is 15.1. The third-order valence-corrected chi connectivity index (χ3v) is 7.78. The summed E-state index contributed by atoms with van der Waals surface area (Å²) in [5.74, 6) is -0.269. The highest BCUT2D eigenvalue weighted by molar-refractivity contribution is 7.80. The minimum absolute atomic E-state index is 0.0602. The molecule has 42 heavy (non-hydrogen) atoms. The van der Waals surface area contributed by atoms with Crippen LogP contribution in [0.15, 0.2) is 110 Å². The summed E-state index contributed by atoms with van der Waals surface area (Å²) >= 11 is 6.77. The molecule has 3 aromatic heterocycles. The van der Waals surface area contributed by atoms with E-state index in [1.165, 1.54) is 23.5 Å². The number of carbonyl (C=O) groups excluding carboxylic acids is 1. The first-order chi connectivity index (χ1) is 20.5. The van der Waals surface area contributed by atoms with Gasteiger partial charge in [0.1, 0.15) is 5.75 Å². The predicted molar refractivity (Wildman–Crippen MR) is 167 cm³/mol. The number of nitrogens with one attached hydrogen (secondary N) is 2. The van der Waals surface area contributed by atoms with Gasteiger partial charge in [-0.3, -0.25) is 14.5 Å². The number of hydrogen-bond acceptors (Lipinski definition) is 6. The van der Waals surface area contributed by atoms with Gasteiger partial charge >= 0.3 is 0 Å². The number of pyridine rings is 1. The molecule has 3 aromatic carbocycles. The Morgan fingerprint density at radius 1 is 0.929 bits per heavy atom. The monoisotopic (exact) mass is 593 g/mol. The first kappa shape index (κ1) is 27.3. The van der Waals surface area contributed by atoms with Crippen LogP contribution in [-0.2, 0) is 17.8 Å². The minimum atomic E-state index is -0.576. The molecule has 208 valence electrons. The van der Waals surface area contributed by atoms with Crippen LogP contribution < -0.4 is 15.4 Å². The van der Waals surface area contributed by atoms with Crippen molar-refractivity contribution in [1.29, 1.82) is 0 Å². The molecule has 0 saturated carbocycles. The first-order valence-corrected chi connectivity index (χ1v) is 14.3. The van der Waals surface area contributed by atoms with E-state index in [1.54, 1.807) is 24.5 Å². The van der Waals surface area contributed by atoms with Gasteiger partial charge in [0.25, 0.3) is 0 Å². The number of carbonyl (C=O) groups is 1. The molecule has 6 aromatic rings. The predicted octanol–water partition coefficient (Wildman–Crippen LogP) is 7.20. The number of hydrogen-bond donors (Lipinski definition) is 2. The van der Waals surface area contributed by atoms with Crippen molar-refractivity contribution in [3.63, 3.8) is 0 Å². The topological polar surface area (TPSA) is 81.1 Å². The van der Waals surface area contributed by atoms with Crippen LogP contribution in [-0.4, -0.2) is 25.8 Å². The number of benzene rings is 3. The molecule has 0 radical (unpaired) electrons. The number of amides is 1. The molecule has 6 rings (SSSR count). The van der Waals surface area contributed by atoms with Gasteiger partial charge in [-0.1, -0.05) is 54.6 Å². The lowest BCUT2D eigenvalue weighted by Gasteiger charge is -2.12. The first-order valence-electron chi connectivity index (χ1n) is 13.1. The molecule has 10 heteroatoms. The zero-order valence-corrected chi connectivity index (χ0v) is 23.8. The number of thiophene rings is 1. The summed E-state index contributed by atoms with van der Waals surface area (Å²) in [6.45, 7) is 0.702. The van der Waals surface area contributed by atoms with E-state index in [9.17, 15) is 4.79 Å². The summed E-state index contributed by atoms with van der Waals surface area (Å²) in [5, 5.41) is 9.81. The van der Waals surface area contributed by atoms with Gasteiger partial charge in [-0.25, -0.2) is 4.39 Å². The lowest BCUT2D eigenvalue weighted by Crippen LogP contribution is -2.35. The molecular formula is C32H24FN5O2S2. The van der Waals surface area contributed by atoms with E-state index in [1.807, 2.05) is 53.3 Å². The highest BCUT2D eigenvalue weighted by Crippen LogP contribution is 2.39. The van der Waals surface area contributed by atoms with Gasteiger partial charge in [0.05, 0.1) is 23.2 Å². The summed E-state index contributed by atoms with van der Waals surface area (Å²) in [6, 6.07) is 27.7. The maximum Gasteiger partial charge on any atom is 0.230 e. The molecule has 0 aliphatic heterocycles. The fraction of sp³-hybridized carbons (Fsp3) is 0.0625. The number of aromatic nitrogens is 3. The average Bonchev–Trinajstić information content (AvgIpc) is 3.66. The molecule has 0 bridgehead atoms. The average molecular weight is 594 g/mol. The Balaban J connectivity index is 1.12. The molecule has 3 heterocycles. The zero-order valence-electron chi connectivity index (χ0n) is 22.2. The van der Waals surface area contributed by atoms with Crippen LogP contribution in [0.4, 0.5) is 10.1 Å². The van der Waals surface area contributed by atoms with E-state index in [0.717, 1.165) is 31.8 Å². The second-order valence-electron chi connectivity index (χ2n) is 9.45. The lowest BCUT2D eigenvalue weighted by molar-refractivity contribution is -0.119. The van der Waals surface area contributed by atoms with Crippen molar-refractivity contribution >= 4 is 50.5 Å². The van der Waals surface area contributed by atoms with E-state index < -0.39 is 5.82 Å². The van der Waals surface area contributed by atoms with Crippen LogP contribution in [0.2, 0.25) is 0 Å². The third kappa shape index (κ3) is 6.51. The molecular weight excluding hydrogens is 570 g/mol. The summed E-state index contributed by atoms with van der Waals surface area (Å²) in [4.78, 5) is 17.8. The van der Waals surface area contributed by atoms with Crippen molar-refractivity contribution in [3.8, 4) is 21.9 Å². The van der Waals surface area contributed by atoms with Crippen LogP contribution in [0.5, 0.6) is 11.5 Å². The zero-order chi connectivity index (χ0) is 28.9. The van der Waals surface area contributed by atoms with Crippen molar-refractivity contribution in [1.82, 2.24) is 20.1 Å². The van der Waals surface area contributed by atoms with Gasteiger partial charge in [0, 0.05) is 41.3 Å². The van der Waals surface area contributed by atoms with Crippen LogP contribution in [0.3, 0.4) is 0 Å². The summed E-state index contributed by atoms with van der Waals surface area (Å²) < 4.78 is 23.8. The second-order valence-corrected chi connectivity index (χ2v) is 10.9. The van der Waals surface area contributed by atoms with Gasteiger partial charge in [-0.15, -0.1) is 11.3 Å². The van der Waals surface area contributed by atoms with E-state index in [2.05, 4.69) is 45.0 Å². The number of rotatable bonds is 8. The van der Waals surface area contributed by atoms with Gasteiger partial charge < -0.3 is 15.4 Å². The van der Waals surface area contributed by atoms with Crippen LogP contribution >= 0.6 is 23.6 Å². The Kier molecular flexibility index (Phi) is 7.98. The highest BCUT2D eigenvalue weighted by Gasteiger charge is 2.14. The fourth-order valence-corrected chi connectivity index (χ4v) is 5.69. The fourth-order valence-electron chi connectivity index (χ4n) is 4.39. The van der Waals surface area contributed by atoms with Crippen molar-refractivity contribution in [2.75, 3.05) is 5.32 Å². The van der Waals surface area contributed by atoms with Crippen molar-refractivity contribution < 1.29 is 13.9 Å². The summed E-state index contributed by atoms with van der Waals surface area (Å²) in [5.41, 5.74) is 4.23. The Morgan fingerprint density at radius 3 is 2.52 bits per heavy atom. The van der Waals surface area contributed by atoms with Crippen LogP contribution in [0, 0.1) is 5.82 Å². The van der Waals surface area contributed by atoms with Crippen LogP contribution in [0.25, 0.3) is 20.7 Å². The number of nitrogens with zero attached hydrogens (tertiary/aromatic N) is 3. The smallest absolute Gasteiger partial charge is 0.230 e. The number of fused-ring (bicyclic) bond motifs is 1. The molecule has 0 saturated heterocycles. The van der Waals surface area contributed by atoms with Gasteiger partial charge in [0.2, 0.25) is 5.91 Å². The largest absolute Gasteiger partial charge is 0.453 e.